The van der Waals surface area contributed by atoms with Crippen LogP contribution >= 0.6 is 0 Å². The van der Waals surface area contributed by atoms with E-state index in [1.165, 1.54) is 18.3 Å². The molecule has 7 aliphatic heterocycles. The van der Waals surface area contributed by atoms with Crippen molar-refractivity contribution in [3.63, 3.8) is 0 Å². The van der Waals surface area contributed by atoms with Crippen LogP contribution in [0.1, 0.15) is 67.3 Å². The number of allylic oxidation sites excluding steroid dienone is 3. The first-order valence-electron chi connectivity index (χ1n) is 26.2. The molecule has 25 heteroatoms. The van der Waals surface area contributed by atoms with Crippen LogP contribution in [-0.2, 0) is 41.4 Å². The zero-order valence-corrected chi connectivity index (χ0v) is 43.5. The lowest BCUT2D eigenvalue weighted by Crippen LogP contribution is -2.81. The van der Waals surface area contributed by atoms with Gasteiger partial charge in [0.25, 0.3) is 11.4 Å². The predicted molar refractivity (Wildman–Crippen MR) is 277 cm³/mol. The third-order valence-electron chi connectivity index (χ3n) is 16.9. The predicted octanol–water partition coefficient (Wildman–Crippen LogP) is -1.38. The summed E-state index contributed by atoms with van der Waals surface area (Å²) in [6, 6.07) is 6.13. The molecule has 2 spiro atoms. The average molecular weight is 1140 g/mol. The highest BCUT2D eigenvalue weighted by Crippen LogP contribution is 2.58. The van der Waals surface area contributed by atoms with Gasteiger partial charge in [-0.2, -0.15) is 0 Å². The smallest absolute Gasteiger partial charge is 0.354 e. The topological polar surface area (TPSA) is 421 Å². The normalized spacial score (nSPS) is 33.7. The zero-order valence-electron chi connectivity index (χ0n) is 43.5. The highest BCUT2D eigenvalue weighted by Gasteiger charge is 2.78. The van der Waals surface area contributed by atoms with E-state index < -0.39 is 167 Å². The van der Waals surface area contributed by atoms with Crippen molar-refractivity contribution < 1.29 is 104 Å². The van der Waals surface area contributed by atoms with Gasteiger partial charge in [-0.15, -0.1) is 0 Å². The van der Waals surface area contributed by atoms with Crippen LogP contribution in [0.3, 0.4) is 0 Å². The van der Waals surface area contributed by atoms with Crippen LogP contribution < -0.4 is 20.8 Å². The van der Waals surface area contributed by atoms with Gasteiger partial charge in [-0.25, -0.2) is 9.59 Å². The number of carbonyl (C=O) groups excluding carboxylic acids is 2. The summed E-state index contributed by atoms with van der Waals surface area (Å²) in [7, 11) is 0. The molecule has 13 unspecified atom stereocenters. The molecule has 2 aromatic carbocycles. The summed E-state index contributed by atoms with van der Waals surface area (Å²) >= 11 is 0. The lowest BCUT2D eigenvalue weighted by Gasteiger charge is -2.58. The molecule has 25 nitrogen and oxygen atoms in total. The van der Waals surface area contributed by atoms with Crippen LogP contribution in [0.2, 0.25) is 0 Å². The lowest BCUT2D eigenvalue weighted by atomic mass is 9.67. The van der Waals surface area contributed by atoms with Crippen molar-refractivity contribution in [2.45, 2.75) is 123 Å². The molecule has 9 heterocycles. The van der Waals surface area contributed by atoms with Crippen molar-refractivity contribution in [1.82, 2.24) is 15.6 Å². The molecule has 0 saturated carbocycles. The Bertz CT molecular complexity index is 3640. The first kappa shape index (κ1) is 56.3. The Hall–Kier alpha value is -7.60. The number of piperidine rings is 1. The maximum absolute atomic E-state index is 16.0. The van der Waals surface area contributed by atoms with Gasteiger partial charge in [0.05, 0.1) is 12.6 Å². The maximum atomic E-state index is 16.0. The van der Waals surface area contributed by atoms with Gasteiger partial charge in [-0.3, -0.25) is 10.1 Å². The number of fused-ring (bicyclic) bond motifs is 7. The number of nitrogens with one attached hydrogen (secondary N) is 3. The van der Waals surface area contributed by atoms with Crippen LogP contribution in [0.4, 0.5) is 0 Å². The zero-order chi connectivity index (χ0) is 58.6. The number of aliphatic hydroxyl groups is 9. The molecule has 4 bridgehead atoms. The summed E-state index contributed by atoms with van der Waals surface area (Å²) in [4.78, 5) is 58.9. The molecule has 16 N–H and O–H groups in total. The summed E-state index contributed by atoms with van der Waals surface area (Å²) in [5.74, 6) is -10.2. The third-order valence-corrected chi connectivity index (χ3v) is 16.9. The number of phenolic OH excluding ortho intramolecular Hbond substituents is 3. The number of H-pyrrole nitrogens is 1. The van der Waals surface area contributed by atoms with Crippen molar-refractivity contribution in [2.24, 2.45) is 11.8 Å². The van der Waals surface area contributed by atoms with Gasteiger partial charge >= 0.3 is 11.9 Å². The number of carboxylic acids is 1. The molecule has 432 valence electrons. The van der Waals surface area contributed by atoms with Crippen molar-refractivity contribution in [1.29, 1.82) is 0 Å². The van der Waals surface area contributed by atoms with Crippen LogP contribution in [-0.4, -0.2) is 174 Å². The lowest BCUT2D eigenvalue weighted by molar-refractivity contribution is -0.434. The molecule has 13 atom stereocenters. The Morgan fingerprint density at radius 3 is 2.45 bits per heavy atom. The van der Waals surface area contributed by atoms with E-state index in [1.54, 1.807) is 12.3 Å². The number of aliphatic hydroxyl groups excluding tert-OH is 6. The number of aliphatic carboxylic acids is 1. The van der Waals surface area contributed by atoms with Crippen LogP contribution in [0, 0.1) is 35.5 Å². The van der Waals surface area contributed by atoms with E-state index in [1.807, 2.05) is 18.9 Å². The van der Waals surface area contributed by atoms with Crippen molar-refractivity contribution in [3.8, 4) is 58.0 Å². The minimum atomic E-state index is -4.07. The number of esters is 1. The second kappa shape index (κ2) is 20.1. The minimum absolute atomic E-state index is 0.0143. The number of rotatable bonds is 10. The number of hydrogen-bond acceptors (Lipinski definition) is 23. The number of carbonyl (C=O) groups is 3. The largest absolute Gasteiger partial charge is 0.507 e. The second-order valence-electron chi connectivity index (χ2n) is 21.7. The Morgan fingerprint density at radius 2 is 1.72 bits per heavy atom. The molecule has 0 radical (unpaired) electrons. The van der Waals surface area contributed by atoms with E-state index in [0.717, 1.165) is 30.2 Å². The fourth-order valence-corrected chi connectivity index (χ4v) is 12.3. The van der Waals surface area contributed by atoms with Crippen LogP contribution in [0.25, 0.3) is 22.3 Å². The first-order valence-corrected chi connectivity index (χ1v) is 26.2. The van der Waals surface area contributed by atoms with Gasteiger partial charge in [-0.05, 0) is 66.5 Å². The Balaban J connectivity index is 1.21. The number of dihydropyridines is 1. The number of aromatic nitrogens is 1. The maximum Gasteiger partial charge on any atom is 0.354 e. The van der Waals surface area contributed by atoms with E-state index in [9.17, 15) is 80.8 Å². The number of aldehydes is 1. The molecule has 12 rings (SSSR count). The molecule has 1 aliphatic carbocycles. The quantitative estimate of drug-likeness (QED) is 0.0217. The average Bonchev–Trinajstić information content (AvgIpc) is 3.97. The highest BCUT2D eigenvalue weighted by molar-refractivity contribution is 5.90. The highest BCUT2D eigenvalue weighted by atomic mass is 16.8. The van der Waals surface area contributed by atoms with Crippen LogP contribution in [0.5, 0.6) is 23.0 Å². The van der Waals surface area contributed by atoms with Gasteiger partial charge < -0.3 is 105 Å². The molecular weight excluding hydrogens is 1080 g/mol. The summed E-state index contributed by atoms with van der Waals surface area (Å²) < 4.78 is 32.0. The molecule has 2 aromatic heterocycles. The van der Waals surface area contributed by atoms with Gasteiger partial charge in [0.1, 0.15) is 52.3 Å². The van der Waals surface area contributed by atoms with Crippen LogP contribution in [0.15, 0.2) is 80.8 Å². The Kier molecular flexibility index (Phi) is 13.8. The molecule has 82 heavy (non-hydrogen) atoms. The van der Waals surface area contributed by atoms with E-state index >= 15 is 4.79 Å². The van der Waals surface area contributed by atoms with Gasteiger partial charge in [0.15, 0.2) is 29.1 Å². The minimum Gasteiger partial charge on any atom is -0.507 e. The number of phenols is 3. The molecule has 3 saturated heterocycles. The summed E-state index contributed by atoms with van der Waals surface area (Å²) in [5, 5.41) is 157. The van der Waals surface area contributed by atoms with Crippen molar-refractivity contribution in [3.05, 3.63) is 104 Å². The van der Waals surface area contributed by atoms with E-state index in [2.05, 4.69) is 33.4 Å². The summed E-state index contributed by atoms with van der Waals surface area (Å²) in [5.41, 5.74) is -10.2. The molecule has 0 amide bonds. The van der Waals surface area contributed by atoms with Gasteiger partial charge in [0.2, 0.25) is 17.2 Å². The van der Waals surface area contributed by atoms with Gasteiger partial charge in [-0.1, -0.05) is 36.8 Å². The van der Waals surface area contributed by atoms with Crippen molar-refractivity contribution in [2.75, 3.05) is 19.8 Å². The summed E-state index contributed by atoms with van der Waals surface area (Å²) in [6.07, 6.45) is -8.70. The Morgan fingerprint density at radius 1 is 0.939 bits per heavy atom. The second-order valence-corrected chi connectivity index (χ2v) is 21.7. The first-order chi connectivity index (χ1) is 38.9. The Labute approximate surface area is 464 Å². The summed E-state index contributed by atoms with van der Waals surface area (Å²) in [6.45, 7) is 1.27. The molecular formula is C57H57N3O22. The SMILES string of the molecule is CC1CCNC2NC=C(C3C=C4Cc5[nH]ccc5C#CCC5(O)C(O)C(O)C4(Oc4cc6oc(-c7cc(O)c(O)c(CCO)c7)cc(=O)c6c(O)c43)OC53CC#CC4(C(=O)O)OC(CC(CO)CC=O)(OC3=O)C(O)C(O)C4(O)O)C=C12. The van der Waals surface area contributed by atoms with E-state index in [4.69, 9.17) is 23.4 Å². The fourth-order valence-electron chi connectivity index (χ4n) is 12.3. The fraction of sp³-hybridized carbons (Fsp3) is 0.439. The number of benzene rings is 2. The monoisotopic (exact) mass is 1140 g/mol. The molecule has 4 aromatic rings. The van der Waals surface area contributed by atoms with Gasteiger partial charge in [0, 0.05) is 103 Å². The number of ether oxygens (including phenoxy) is 4. The van der Waals surface area contributed by atoms with E-state index in [-0.39, 0.29) is 52.1 Å². The number of aromatic hydroxyl groups is 3. The number of carboxylic acid groups (broad SMARTS) is 1. The third kappa shape index (κ3) is 8.26. The number of hydrogen-bond donors (Lipinski definition) is 16. The number of aromatic amines is 1. The van der Waals surface area contributed by atoms with Crippen molar-refractivity contribution >= 4 is 29.2 Å². The standard InChI is InChI=1S/C57H57N3O22/c1-26-5-12-59-49-33(26)17-31(24-60-49)34-19-32-20-35-28(6-13-58-35)4-2-9-52(75)45(68)47(70)56(32,79-40-22-39-42(44(67)41(34)40)36(64)21-38(78-39)30-16-29(8-15-62)43(66)37(65)18-30)82-54(52)11-3-10-53(50(72)73)57(76,77)48(71)46(69)55(81-53,80-51(54)74)23-27(25-63)7-14-61/h6,13-14,16-19,21-22,24,26-27,34,45-49,58-60,62-63,65-71,75-77H,5,7-9,11-12,15,20,23,25H2,1H3,(H,72,73). The molecule has 3 fully saturated rings. The molecule has 8 aliphatic rings. The van der Waals surface area contributed by atoms with E-state index in [0.29, 0.717) is 24.1 Å².